The first-order chi connectivity index (χ1) is 10.2. The van der Waals surface area contributed by atoms with E-state index in [1.807, 2.05) is 21.7 Å². The van der Waals surface area contributed by atoms with Gasteiger partial charge in [-0.05, 0) is 22.4 Å². The first kappa shape index (κ1) is 14.3. The van der Waals surface area contributed by atoms with E-state index < -0.39 is 11.6 Å². The van der Waals surface area contributed by atoms with Gasteiger partial charge >= 0.3 is 0 Å². The molecule has 1 N–H and O–H groups in total. The number of halogens is 2. The van der Waals surface area contributed by atoms with Gasteiger partial charge in [0.1, 0.15) is 11.6 Å². The molecule has 112 valence electrons. The highest BCUT2D eigenvalue weighted by Crippen LogP contribution is 2.27. The van der Waals surface area contributed by atoms with Crippen molar-refractivity contribution in [2.45, 2.75) is 6.54 Å². The minimum Gasteiger partial charge on any atom is -0.378 e. The number of thiophene rings is 1. The van der Waals surface area contributed by atoms with Gasteiger partial charge in [-0.1, -0.05) is 0 Å². The van der Waals surface area contributed by atoms with Gasteiger partial charge in [0, 0.05) is 31.8 Å². The summed E-state index contributed by atoms with van der Waals surface area (Å²) < 4.78 is 33.5. The van der Waals surface area contributed by atoms with Gasteiger partial charge in [0.2, 0.25) is 0 Å². The molecule has 0 atom stereocenters. The van der Waals surface area contributed by atoms with Crippen LogP contribution in [-0.4, -0.2) is 26.3 Å². The molecule has 0 aliphatic carbocycles. The summed E-state index contributed by atoms with van der Waals surface area (Å²) in [6, 6.07) is 4.44. The highest BCUT2D eigenvalue weighted by molar-refractivity contribution is 7.07. The zero-order valence-electron chi connectivity index (χ0n) is 11.4. The molecule has 0 unspecified atom stereocenters. The minimum atomic E-state index is -0.437. The number of nitrogens with one attached hydrogen (secondary N) is 1. The number of hydrogen-bond acceptors (Lipinski definition) is 4. The van der Waals surface area contributed by atoms with Crippen molar-refractivity contribution in [3.63, 3.8) is 0 Å². The lowest BCUT2D eigenvalue weighted by atomic mass is 10.2. The SMILES string of the molecule is Fc1cc(N2CCOCC2)c(F)cc1NCc1ccsc1. The predicted octanol–water partition coefficient (Wildman–Crippen LogP) is 3.48. The van der Waals surface area contributed by atoms with Crippen molar-refractivity contribution in [3.8, 4) is 0 Å². The number of ether oxygens (including phenoxy) is 1. The first-order valence-electron chi connectivity index (χ1n) is 6.81. The Hall–Kier alpha value is -1.66. The van der Waals surface area contributed by atoms with Gasteiger partial charge in [-0.25, -0.2) is 8.78 Å². The Bertz CT molecular complexity index is 598. The van der Waals surface area contributed by atoms with Crippen LogP contribution < -0.4 is 10.2 Å². The predicted molar refractivity (Wildman–Crippen MR) is 81.0 cm³/mol. The number of anilines is 2. The van der Waals surface area contributed by atoms with E-state index in [-0.39, 0.29) is 5.69 Å². The molecule has 2 aromatic rings. The molecule has 0 radical (unpaired) electrons. The van der Waals surface area contributed by atoms with Crippen molar-refractivity contribution in [3.05, 3.63) is 46.2 Å². The summed E-state index contributed by atoms with van der Waals surface area (Å²) in [5.41, 5.74) is 1.55. The molecule has 0 spiro atoms. The van der Waals surface area contributed by atoms with E-state index in [0.717, 1.165) is 5.56 Å². The van der Waals surface area contributed by atoms with Crippen LogP contribution in [-0.2, 0) is 11.3 Å². The number of hydrogen-bond donors (Lipinski definition) is 1. The van der Waals surface area contributed by atoms with Crippen LogP contribution in [0.15, 0.2) is 29.0 Å². The normalized spacial score (nSPS) is 15.2. The van der Waals surface area contributed by atoms with Gasteiger partial charge in [0.05, 0.1) is 24.6 Å². The Kier molecular flexibility index (Phi) is 4.36. The Morgan fingerprint density at radius 3 is 2.71 bits per heavy atom. The fraction of sp³-hybridized carbons (Fsp3) is 0.333. The van der Waals surface area contributed by atoms with Gasteiger partial charge in [-0.2, -0.15) is 11.3 Å². The zero-order chi connectivity index (χ0) is 14.7. The van der Waals surface area contributed by atoms with Crippen LogP contribution in [0.3, 0.4) is 0 Å². The van der Waals surface area contributed by atoms with E-state index >= 15 is 0 Å². The molecule has 0 saturated carbocycles. The quantitative estimate of drug-likeness (QED) is 0.936. The average Bonchev–Trinajstić information content (AvgIpc) is 3.02. The standard InChI is InChI=1S/C15H16F2N2OS/c16-12-8-15(19-2-4-20-5-3-19)13(17)7-14(12)18-9-11-1-6-21-10-11/h1,6-8,10,18H,2-5,9H2. The first-order valence-corrected chi connectivity index (χ1v) is 7.75. The number of benzene rings is 1. The zero-order valence-corrected chi connectivity index (χ0v) is 12.3. The van der Waals surface area contributed by atoms with Crippen molar-refractivity contribution in [2.75, 3.05) is 36.5 Å². The van der Waals surface area contributed by atoms with Crippen LogP contribution in [0.25, 0.3) is 0 Å². The molecular formula is C15H16F2N2OS. The molecule has 6 heteroatoms. The van der Waals surface area contributed by atoms with Gasteiger partial charge in [0.25, 0.3) is 0 Å². The van der Waals surface area contributed by atoms with E-state index in [1.165, 1.54) is 12.1 Å². The molecular weight excluding hydrogens is 294 g/mol. The molecule has 1 saturated heterocycles. The summed E-state index contributed by atoms with van der Waals surface area (Å²) in [6.07, 6.45) is 0. The molecule has 0 amide bonds. The Balaban J connectivity index is 1.75. The van der Waals surface area contributed by atoms with E-state index in [0.29, 0.717) is 38.5 Å². The maximum atomic E-state index is 14.2. The third-order valence-corrected chi connectivity index (χ3v) is 4.18. The molecule has 3 nitrogen and oxygen atoms in total. The van der Waals surface area contributed by atoms with Gasteiger partial charge < -0.3 is 15.0 Å². The molecule has 3 rings (SSSR count). The van der Waals surface area contributed by atoms with E-state index in [9.17, 15) is 8.78 Å². The molecule has 1 aliphatic heterocycles. The molecule has 1 aliphatic rings. The topological polar surface area (TPSA) is 24.5 Å². The van der Waals surface area contributed by atoms with Crippen LogP contribution in [0.4, 0.5) is 20.2 Å². The second-order valence-electron chi connectivity index (χ2n) is 4.87. The summed E-state index contributed by atoms with van der Waals surface area (Å²) in [7, 11) is 0. The van der Waals surface area contributed by atoms with E-state index in [4.69, 9.17) is 4.74 Å². The van der Waals surface area contributed by atoms with Gasteiger partial charge in [0.15, 0.2) is 0 Å². The lowest BCUT2D eigenvalue weighted by molar-refractivity contribution is 0.122. The summed E-state index contributed by atoms with van der Waals surface area (Å²) in [6.45, 7) is 2.73. The summed E-state index contributed by atoms with van der Waals surface area (Å²) >= 11 is 1.58. The third kappa shape index (κ3) is 3.33. The number of rotatable bonds is 4. The molecule has 1 aromatic carbocycles. The van der Waals surface area contributed by atoms with Gasteiger partial charge in [-0.3, -0.25) is 0 Å². The van der Waals surface area contributed by atoms with Crippen LogP contribution in [0.1, 0.15) is 5.56 Å². The number of morpholine rings is 1. The third-order valence-electron chi connectivity index (χ3n) is 3.45. The maximum absolute atomic E-state index is 14.2. The Labute approximate surface area is 126 Å². The monoisotopic (exact) mass is 310 g/mol. The second-order valence-corrected chi connectivity index (χ2v) is 5.65. The van der Waals surface area contributed by atoms with Crippen LogP contribution in [0.5, 0.6) is 0 Å². The highest BCUT2D eigenvalue weighted by atomic mass is 32.1. The van der Waals surface area contributed by atoms with Crippen molar-refractivity contribution < 1.29 is 13.5 Å². The molecule has 2 heterocycles. The molecule has 0 bridgehead atoms. The fourth-order valence-electron chi connectivity index (χ4n) is 2.31. The minimum absolute atomic E-state index is 0.190. The second kappa shape index (κ2) is 6.41. The largest absolute Gasteiger partial charge is 0.378 e. The van der Waals surface area contributed by atoms with Crippen LogP contribution >= 0.6 is 11.3 Å². The van der Waals surface area contributed by atoms with Gasteiger partial charge in [-0.15, -0.1) is 0 Å². The van der Waals surface area contributed by atoms with Crippen molar-refractivity contribution >= 4 is 22.7 Å². The Morgan fingerprint density at radius 2 is 2.00 bits per heavy atom. The van der Waals surface area contributed by atoms with Crippen molar-refractivity contribution in [2.24, 2.45) is 0 Å². The molecule has 21 heavy (non-hydrogen) atoms. The molecule has 1 aromatic heterocycles. The fourth-order valence-corrected chi connectivity index (χ4v) is 2.98. The Morgan fingerprint density at radius 1 is 1.19 bits per heavy atom. The van der Waals surface area contributed by atoms with Crippen molar-refractivity contribution in [1.29, 1.82) is 0 Å². The molecule has 1 fully saturated rings. The maximum Gasteiger partial charge on any atom is 0.148 e. The lowest BCUT2D eigenvalue weighted by Gasteiger charge is -2.29. The average molecular weight is 310 g/mol. The smallest absolute Gasteiger partial charge is 0.148 e. The van der Waals surface area contributed by atoms with Crippen molar-refractivity contribution in [1.82, 2.24) is 0 Å². The summed E-state index contributed by atoms with van der Waals surface area (Å²) in [5.74, 6) is -0.848. The lowest BCUT2D eigenvalue weighted by Crippen LogP contribution is -2.36. The van der Waals surface area contributed by atoms with Crippen LogP contribution in [0.2, 0.25) is 0 Å². The summed E-state index contributed by atoms with van der Waals surface area (Å²) in [5, 5.41) is 6.86. The van der Waals surface area contributed by atoms with E-state index in [1.54, 1.807) is 11.3 Å². The summed E-state index contributed by atoms with van der Waals surface area (Å²) in [4.78, 5) is 1.81. The number of nitrogens with zero attached hydrogens (tertiary/aromatic N) is 1. The van der Waals surface area contributed by atoms with E-state index in [2.05, 4.69) is 5.32 Å². The van der Waals surface area contributed by atoms with Crippen LogP contribution in [0, 0.1) is 11.6 Å². The highest BCUT2D eigenvalue weighted by Gasteiger charge is 2.18.